The minimum Gasteiger partial charge on any atom is -0.474 e. The van der Waals surface area contributed by atoms with Crippen LogP contribution in [0.4, 0.5) is 0 Å². The third-order valence-electron chi connectivity index (χ3n) is 6.63. The first-order chi connectivity index (χ1) is 19.3. The maximum absolute atomic E-state index is 6.35. The summed E-state index contributed by atoms with van der Waals surface area (Å²) in [6.07, 6.45) is 5.77. The summed E-state index contributed by atoms with van der Waals surface area (Å²) in [5.74, 6) is 1.35. The Morgan fingerprint density at radius 2 is 1.41 bits per heavy atom. The number of ether oxygens (including phenoxy) is 3. The van der Waals surface area contributed by atoms with E-state index in [0.717, 1.165) is 46.6 Å². The van der Waals surface area contributed by atoms with Crippen molar-refractivity contribution in [2.45, 2.75) is 84.8 Å². The molecule has 0 fully saturated rings. The Morgan fingerprint density at radius 1 is 0.829 bits per heavy atom. The number of imidazole rings is 1. The number of hydrogen-bond donors (Lipinski definition) is 0. The first-order valence-corrected chi connectivity index (χ1v) is 22.1. The van der Waals surface area contributed by atoms with Crippen molar-refractivity contribution < 1.29 is 14.2 Å². The second-order valence-corrected chi connectivity index (χ2v) is 24.8. The van der Waals surface area contributed by atoms with E-state index >= 15 is 0 Å². The van der Waals surface area contributed by atoms with Gasteiger partial charge in [0, 0.05) is 59.1 Å². The highest BCUT2D eigenvalue weighted by Gasteiger charge is 2.21. The molecule has 0 saturated carbocycles. The van der Waals surface area contributed by atoms with Crippen molar-refractivity contribution in [1.29, 1.82) is 0 Å². The van der Waals surface area contributed by atoms with E-state index in [9.17, 15) is 0 Å². The van der Waals surface area contributed by atoms with Crippen LogP contribution in [0.5, 0.6) is 5.88 Å². The summed E-state index contributed by atoms with van der Waals surface area (Å²) < 4.78 is 22.2. The summed E-state index contributed by atoms with van der Waals surface area (Å²) in [7, 11) is -2.33. The number of nitrogens with zero attached hydrogens (tertiary/aromatic N) is 5. The van der Waals surface area contributed by atoms with Crippen LogP contribution in [0.15, 0.2) is 42.9 Å². The van der Waals surface area contributed by atoms with Gasteiger partial charge in [-0.25, -0.2) is 4.98 Å². The minimum absolute atomic E-state index is 0.0671. The molecule has 0 aliphatic heterocycles. The summed E-state index contributed by atoms with van der Waals surface area (Å²) >= 11 is 6.35. The Kier molecular flexibility index (Phi) is 10.1. The van der Waals surface area contributed by atoms with E-state index < -0.39 is 16.1 Å². The van der Waals surface area contributed by atoms with Crippen LogP contribution in [-0.4, -0.2) is 59.6 Å². The fourth-order valence-corrected chi connectivity index (χ4v) is 5.98. The maximum atomic E-state index is 6.35. The third kappa shape index (κ3) is 8.75. The van der Waals surface area contributed by atoms with Crippen LogP contribution in [-0.2, 0) is 22.9 Å². The van der Waals surface area contributed by atoms with Crippen LogP contribution in [0.1, 0.15) is 13.8 Å². The molecule has 4 rings (SSSR count). The van der Waals surface area contributed by atoms with Gasteiger partial charge in [-0.15, -0.1) is 0 Å². The molecule has 11 heteroatoms. The average Bonchev–Trinajstić information content (AvgIpc) is 3.48. The molecule has 0 aliphatic rings. The molecule has 0 spiro atoms. The van der Waals surface area contributed by atoms with Gasteiger partial charge in [0.05, 0.1) is 11.5 Å². The minimum atomic E-state index is -1.20. The van der Waals surface area contributed by atoms with Crippen LogP contribution in [0, 0.1) is 0 Å². The van der Waals surface area contributed by atoms with E-state index in [1.807, 2.05) is 35.4 Å². The molecule has 1 aromatic carbocycles. The van der Waals surface area contributed by atoms with Gasteiger partial charge in [0.25, 0.3) is 0 Å². The highest BCUT2D eigenvalue weighted by atomic mass is 35.5. The first-order valence-electron chi connectivity index (χ1n) is 14.3. The molecule has 0 N–H and O–H groups in total. The molecule has 3 heterocycles. The van der Waals surface area contributed by atoms with Gasteiger partial charge in [-0.1, -0.05) is 63.5 Å². The number of halogens is 1. The quantitative estimate of drug-likeness (QED) is 0.0814. The van der Waals surface area contributed by atoms with Gasteiger partial charge in [-0.2, -0.15) is 9.97 Å². The summed E-state index contributed by atoms with van der Waals surface area (Å²) in [6, 6.07) is 10.6. The van der Waals surface area contributed by atoms with Crippen molar-refractivity contribution >= 4 is 38.8 Å². The highest BCUT2D eigenvalue weighted by Crippen LogP contribution is 2.37. The number of rotatable bonds is 14. The van der Waals surface area contributed by atoms with Crippen LogP contribution < -0.4 is 4.74 Å². The predicted octanol–water partition coefficient (Wildman–Crippen LogP) is 8.03. The van der Waals surface area contributed by atoms with Crippen LogP contribution >= 0.6 is 11.6 Å². The van der Waals surface area contributed by atoms with E-state index in [-0.39, 0.29) is 11.4 Å². The number of hydrogen-bond acceptors (Lipinski definition) is 6. The fourth-order valence-electron chi connectivity index (χ4n) is 4.31. The molecule has 0 atom stereocenters. The summed E-state index contributed by atoms with van der Waals surface area (Å²) in [6.45, 7) is 20.4. The molecule has 3 aromatic heterocycles. The van der Waals surface area contributed by atoms with Crippen molar-refractivity contribution in [3.05, 3.63) is 48.1 Å². The van der Waals surface area contributed by atoms with Crippen molar-refractivity contribution in [3.8, 4) is 28.4 Å². The number of aromatic nitrogens is 5. The van der Waals surface area contributed by atoms with Gasteiger partial charge in [0.2, 0.25) is 11.2 Å². The average molecular weight is 614 g/mol. The van der Waals surface area contributed by atoms with Gasteiger partial charge in [0.1, 0.15) is 19.3 Å². The van der Waals surface area contributed by atoms with Crippen LogP contribution in [0.3, 0.4) is 0 Å². The van der Waals surface area contributed by atoms with Crippen molar-refractivity contribution in [2.24, 2.45) is 0 Å². The second kappa shape index (κ2) is 13.2. The van der Waals surface area contributed by atoms with E-state index in [4.69, 9.17) is 25.8 Å². The Hall–Kier alpha value is -2.51. The lowest BCUT2D eigenvalue weighted by Gasteiger charge is -2.16. The molecule has 0 radical (unpaired) electrons. The maximum Gasteiger partial charge on any atom is 0.228 e. The van der Waals surface area contributed by atoms with Crippen molar-refractivity contribution in [1.82, 2.24) is 24.1 Å². The lowest BCUT2D eigenvalue weighted by molar-refractivity contribution is 0.0883. The molecule has 0 bridgehead atoms. The van der Waals surface area contributed by atoms with Gasteiger partial charge in [-0.05, 0) is 43.1 Å². The number of benzene rings is 1. The zero-order valence-corrected chi connectivity index (χ0v) is 28.5. The fraction of sp³-hybridized carbons (Fsp3) is 0.500. The molecule has 8 nitrogen and oxygen atoms in total. The summed E-state index contributed by atoms with van der Waals surface area (Å²) in [4.78, 5) is 13.6. The number of fused-ring (bicyclic) bond motifs is 1. The molecule has 222 valence electrons. The summed E-state index contributed by atoms with van der Waals surface area (Å²) in [5.41, 5.74) is 3.69. The zero-order chi connectivity index (χ0) is 29.8. The normalized spacial score (nSPS) is 12.5. The van der Waals surface area contributed by atoms with E-state index in [0.29, 0.717) is 31.6 Å². The lowest BCUT2D eigenvalue weighted by Crippen LogP contribution is -2.22. The molecular formula is C30H44ClN5O3Si2. The smallest absolute Gasteiger partial charge is 0.228 e. The second-order valence-electron chi connectivity index (χ2n) is 13.2. The lowest BCUT2D eigenvalue weighted by atomic mass is 10.0. The van der Waals surface area contributed by atoms with Crippen LogP contribution in [0.2, 0.25) is 56.7 Å². The molecule has 41 heavy (non-hydrogen) atoms. The van der Waals surface area contributed by atoms with E-state index in [2.05, 4.69) is 84.7 Å². The Morgan fingerprint density at radius 3 is 2.00 bits per heavy atom. The zero-order valence-electron chi connectivity index (χ0n) is 25.7. The predicted molar refractivity (Wildman–Crippen MR) is 173 cm³/mol. The Bertz CT molecular complexity index is 1440. The first kappa shape index (κ1) is 31.4. The van der Waals surface area contributed by atoms with E-state index in [1.165, 1.54) is 0 Å². The largest absolute Gasteiger partial charge is 0.474 e. The molecule has 0 amide bonds. The standard InChI is InChI=1S/C30H44ClN5O3Si2/c1-22(2)39-29-26-25(19-36(28(26)33-30(31)34-29)21-38-16-18-41(6,7)8)23-9-11-24(12-10-23)27-32-13-14-35(27)20-37-15-17-40(3,4)5/h9-14,19,22H,15-18,20-21H2,1-8H3. The van der Waals surface area contributed by atoms with Gasteiger partial charge >= 0.3 is 0 Å². The van der Waals surface area contributed by atoms with Gasteiger partial charge < -0.3 is 23.3 Å². The third-order valence-corrected chi connectivity index (χ3v) is 10.2. The van der Waals surface area contributed by atoms with Gasteiger partial charge in [-0.3, -0.25) is 0 Å². The highest BCUT2D eigenvalue weighted by molar-refractivity contribution is 6.76. The van der Waals surface area contributed by atoms with Crippen molar-refractivity contribution in [2.75, 3.05) is 13.2 Å². The molecule has 0 saturated heterocycles. The van der Waals surface area contributed by atoms with Crippen LogP contribution in [0.25, 0.3) is 33.5 Å². The van der Waals surface area contributed by atoms with E-state index in [1.54, 1.807) is 0 Å². The topological polar surface area (TPSA) is 76.2 Å². The SMILES string of the molecule is CC(C)Oc1nc(Cl)nc2c1c(-c1ccc(-c3nccn3COCC[Si](C)(C)C)cc1)cn2COCC[Si](C)(C)C. The molecule has 0 unspecified atom stereocenters. The van der Waals surface area contributed by atoms with Gasteiger partial charge in [0.15, 0.2) is 5.65 Å². The Balaban J connectivity index is 1.62. The molecular weight excluding hydrogens is 570 g/mol. The summed E-state index contributed by atoms with van der Waals surface area (Å²) in [5, 5.41) is 0.970. The molecule has 4 aromatic rings. The van der Waals surface area contributed by atoms with Crippen molar-refractivity contribution in [3.63, 3.8) is 0 Å². The molecule has 0 aliphatic carbocycles. The monoisotopic (exact) mass is 613 g/mol. The Labute approximate surface area is 251 Å².